The minimum absolute atomic E-state index is 0.197. The normalized spacial score (nSPS) is 11.1. The summed E-state index contributed by atoms with van der Waals surface area (Å²) in [5, 5.41) is 0.760. The largest absolute Gasteiger partial charge is 0.384 e. The Kier molecular flexibility index (Phi) is 6.25. The van der Waals surface area contributed by atoms with Crippen molar-refractivity contribution in [2.75, 3.05) is 11.5 Å². The summed E-state index contributed by atoms with van der Waals surface area (Å²) in [6, 6.07) is 14.5. The third-order valence-corrected chi connectivity index (χ3v) is 6.61. The average molecular weight is 478 g/mol. The van der Waals surface area contributed by atoms with Crippen molar-refractivity contribution in [3.8, 4) is 5.69 Å². The molecule has 2 aromatic heterocycles. The van der Waals surface area contributed by atoms with E-state index in [1.165, 1.54) is 18.7 Å². The van der Waals surface area contributed by atoms with Crippen LogP contribution in [0.5, 0.6) is 0 Å². The van der Waals surface area contributed by atoms with Gasteiger partial charge in [0.05, 0.1) is 22.3 Å². The number of thioether (sulfide) groups is 1. The molecule has 0 aliphatic carbocycles. The maximum absolute atomic E-state index is 13.4. The van der Waals surface area contributed by atoms with Gasteiger partial charge in [-0.15, -0.1) is 0 Å². The van der Waals surface area contributed by atoms with Gasteiger partial charge < -0.3 is 5.73 Å². The average Bonchev–Trinajstić information content (AvgIpc) is 2.85. The molecule has 0 atom stereocenters. The minimum Gasteiger partial charge on any atom is -0.384 e. The van der Waals surface area contributed by atoms with E-state index < -0.39 is 17.0 Å². The van der Waals surface area contributed by atoms with Crippen LogP contribution in [0.3, 0.4) is 0 Å². The molecule has 0 bridgehead atoms. The zero-order chi connectivity index (χ0) is 24.6. The number of rotatable bonds is 6. The molecule has 10 heteroatoms. The predicted octanol–water partition coefficient (Wildman–Crippen LogP) is 1.90. The summed E-state index contributed by atoms with van der Waals surface area (Å²) in [4.78, 5) is 55.6. The van der Waals surface area contributed by atoms with Gasteiger partial charge in [0.2, 0.25) is 0 Å². The predicted molar refractivity (Wildman–Crippen MR) is 133 cm³/mol. The lowest BCUT2D eigenvalue weighted by Crippen LogP contribution is -2.41. The number of nitrogens with two attached hydrogens (primary N) is 1. The highest BCUT2D eigenvalue weighted by Crippen LogP contribution is 2.23. The van der Waals surface area contributed by atoms with Crippen LogP contribution in [-0.2, 0) is 20.5 Å². The number of anilines is 1. The number of nitrogens with zero attached hydrogens (tertiary/aromatic N) is 4. The van der Waals surface area contributed by atoms with Crippen LogP contribution in [-0.4, -0.2) is 30.2 Å². The number of aromatic nitrogens is 4. The fraction of sp³-hybridized carbons (Fsp3) is 0.208. The second-order valence-corrected chi connectivity index (χ2v) is 8.69. The first-order valence-corrected chi connectivity index (χ1v) is 11.6. The van der Waals surface area contributed by atoms with E-state index in [0.29, 0.717) is 21.7 Å². The van der Waals surface area contributed by atoms with Crippen LogP contribution in [0, 0.1) is 0 Å². The molecule has 34 heavy (non-hydrogen) atoms. The highest BCUT2D eigenvalue weighted by atomic mass is 32.2. The number of fused-ring (bicyclic) bond motifs is 1. The molecule has 0 spiro atoms. The lowest BCUT2D eigenvalue weighted by atomic mass is 10.1. The topological polar surface area (TPSA) is 122 Å². The van der Waals surface area contributed by atoms with Crippen LogP contribution in [0.1, 0.15) is 22.8 Å². The molecule has 0 saturated carbocycles. The number of carbonyl (C=O) groups excluding carboxylic acids is 1. The molecule has 0 aliphatic heterocycles. The van der Waals surface area contributed by atoms with E-state index in [9.17, 15) is 19.2 Å². The Morgan fingerprint density at radius 2 is 1.65 bits per heavy atom. The quantitative estimate of drug-likeness (QED) is 0.256. The summed E-state index contributed by atoms with van der Waals surface area (Å²) in [6.07, 6.45) is 0.858. The summed E-state index contributed by atoms with van der Waals surface area (Å²) in [6.45, 7) is 2.04. The summed E-state index contributed by atoms with van der Waals surface area (Å²) >= 11 is 1.03. The standard InChI is InChI=1S/C24H23N5O4S/c1-4-14-9-11-15(12-10-14)29-21(31)16-7-5-6-8-17(16)26-23(29)34-13-18(30)19-20(25)27(2)24(33)28(3)22(19)32/h5-12H,4,13,25H2,1-3H3. The Bertz CT molecular complexity index is 1600. The Morgan fingerprint density at radius 3 is 2.32 bits per heavy atom. The molecule has 2 heterocycles. The van der Waals surface area contributed by atoms with Gasteiger partial charge in [-0.3, -0.25) is 28.1 Å². The van der Waals surface area contributed by atoms with Gasteiger partial charge in [0.25, 0.3) is 11.1 Å². The first-order valence-electron chi connectivity index (χ1n) is 10.6. The van der Waals surface area contributed by atoms with E-state index in [4.69, 9.17) is 5.73 Å². The molecule has 0 radical (unpaired) electrons. The van der Waals surface area contributed by atoms with Gasteiger partial charge in [0.1, 0.15) is 11.4 Å². The van der Waals surface area contributed by atoms with E-state index in [-0.39, 0.29) is 22.7 Å². The number of Topliss-reactive ketones (excluding diaryl/α,β-unsaturated/α-hetero) is 1. The summed E-state index contributed by atoms with van der Waals surface area (Å²) in [5.41, 5.74) is 6.26. The monoisotopic (exact) mass is 477 g/mol. The van der Waals surface area contributed by atoms with Gasteiger partial charge >= 0.3 is 5.69 Å². The Hall–Kier alpha value is -3.92. The summed E-state index contributed by atoms with van der Waals surface area (Å²) in [5.74, 6) is -0.957. The zero-order valence-electron chi connectivity index (χ0n) is 18.9. The van der Waals surface area contributed by atoms with Crippen molar-refractivity contribution in [1.82, 2.24) is 18.7 Å². The van der Waals surface area contributed by atoms with Crippen molar-refractivity contribution < 1.29 is 4.79 Å². The number of nitrogen functional groups attached to an aromatic ring is 1. The van der Waals surface area contributed by atoms with Crippen molar-refractivity contribution in [2.24, 2.45) is 14.1 Å². The number of para-hydroxylation sites is 1. The fourth-order valence-corrected chi connectivity index (χ4v) is 4.53. The van der Waals surface area contributed by atoms with Crippen LogP contribution in [0.15, 0.2) is 68.1 Å². The molecule has 2 aromatic carbocycles. The van der Waals surface area contributed by atoms with Crippen LogP contribution in [0.4, 0.5) is 5.82 Å². The van der Waals surface area contributed by atoms with Crippen molar-refractivity contribution in [3.05, 3.63) is 90.8 Å². The molecule has 0 fully saturated rings. The van der Waals surface area contributed by atoms with Gasteiger partial charge in [-0.2, -0.15) is 0 Å². The molecule has 9 nitrogen and oxygen atoms in total. The van der Waals surface area contributed by atoms with Crippen molar-refractivity contribution >= 4 is 34.3 Å². The molecule has 0 saturated heterocycles. The molecular formula is C24H23N5O4S. The van der Waals surface area contributed by atoms with E-state index in [0.717, 1.165) is 32.9 Å². The van der Waals surface area contributed by atoms with Gasteiger partial charge in [0.15, 0.2) is 10.9 Å². The SMILES string of the molecule is CCc1ccc(-n2c(SCC(=O)c3c(N)n(C)c(=O)n(C)c3=O)nc3ccccc3c2=O)cc1. The third-order valence-electron chi connectivity index (χ3n) is 5.67. The fourth-order valence-electron chi connectivity index (χ4n) is 3.64. The van der Waals surface area contributed by atoms with Crippen LogP contribution < -0.4 is 22.5 Å². The first-order chi connectivity index (χ1) is 16.2. The van der Waals surface area contributed by atoms with Gasteiger partial charge in [-0.25, -0.2) is 9.78 Å². The Balaban J connectivity index is 1.79. The lowest BCUT2D eigenvalue weighted by molar-refractivity contribution is 0.102. The van der Waals surface area contributed by atoms with Gasteiger partial charge in [-0.1, -0.05) is 43.0 Å². The molecule has 2 N–H and O–H groups in total. The molecule has 4 aromatic rings. The van der Waals surface area contributed by atoms with E-state index >= 15 is 0 Å². The zero-order valence-corrected chi connectivity index (χ0v) is 19.8. The molecule has 0 unspecified atom stereocenters. The van der Waals surface area contributed by atoms with Gasteiger partial charge in [-0.05, 0) is 36.2 Å². The molecule has 0 aliphatic rings. The molecular weight excluding hydrogens is 454 g/mol. The van der Waals surface area contributed by atoms with Crippen molar-refractivity contribution in [1.29, 1.82) is 0 Å². The smallest absolute Gasteiger partial charge is 0.332 e. The second kappa shape index (κ2) is 9.14. The number of carbonyl (C=O) groups is 1. The second-order valence-electron chi connectivity index (χ2n) is 7.75. The highest BCUT2D eigenvalue weighted by molar-refractivity contribution is 7.99. The Morgan fingerprint density at radius 1 is 0.971 bits per heavy atom. The first kappa shape index (κ1) is 23.2. The summed E-state index contributed by atoms with van der Waals surface area (Å²) in [7, 11) is 2.68. The van der Waals surface area contributed by atoms with Crippen molar-refractivity contribution in [3.63, 3.8) is 0 Å². The maximum Gasteiger partial charge on any atom is 0.332 e. The number of hydrogen-bond donors (Lipinski definition) is 1. The molecule has 174 valence electrons. The van der Waals surface area contributed by atoms with Crippen LogP contribution >= 0.6 is 11.8 Å². The van der Waals surface area contributed by atoms with Gasteiger partial charge in [0, 0.05) is 14.1 Å². The Labute approximate surface area is 198 Å². The third kappa shape index (κ3) is 3.96. The summed E-state index contributed by atoms with van der Waals surface area (Å²) < 4.78 is 3.36. The lowest BCUT2D eigenvalue weighted by Gasteiger charge is -2.14. The maximum atomic E-state index is 13.4. The van der Waals surface area contributed by atoms with E-state index in [2.05, 4.69) is 4.98 Å². The van der Waals surface area contributed by atoms with E-state index in [1.807, 2.05) is 31.2 Å². The number of hydrogen-bond acceptors (Lipinski definition) is 7. The number of ketones is 1. The highest BCUT2D eigenvalue weighted by Gasteiger charge is 2.22. The van der Waals surface area contributed by atoms with Crippen LogP contribution in [0.2, 0.25) is 0 Å². The number of aryl methyl sites for hydroxylation is 1. The van der Waals surface area contributed by atoms with Crippen molar-refractivity contribution in [2.45, 2.75) is 18.5 Å². The van der Waals surface area contributed by atoms with E-state index in [1.54, 1.807) is 24.3 Å². The molecule has 4 rings (SSSR count). The van der Waals surface area contributed by atoms with Crippen LogP contribution in [0.25, 0.3) is 16.6 Å². The minimum atomic E-state index is -0.759. The molecule has 0 amide bonds. The number of benzene rings is 2.